The third-order valence-electron chi connectivity index (χ3n) is 5.89. The number of hydrogen-bond acceptors (Lipinski definition) is 5. The molecule has 1 fully saturated rings. The van der Waals surface area contributed by atoms with Crippen LogP contribution >= 0.6 is 11.3 Å². The summed E-state index contributed by atoms with van der Waals surface area (Å²) in [5.74, 6) is 0.698. The lowest BCUT2D eigenvalue weighted by Gasteiger charge is -2.37. The van der Waals surface area contributed by atoms with E-state index in [2.05, 4.69) is 45.1 Å². The number of hydrogen-bond donors (Lipinski definition) is 2. The van der Waals surface area contributed by atoms with Crippen LogP contribution in [-0.4, -0.2) is 51.4 Å². The van der Waals surface area contributed by atoms with Gasteiger partial charge in [-0.2, -0.15) is 0 Å². The third kappa shape index (κ3) is 3.54. The SMILES string of the molecule is N=C1C(c2nc3ccccc3s2)=C(O)CN1C1CCN(Cc2ccccc2)CC1. The van der Waals surface area contributed by atoms with Crippen LogP contribution in [0.15, 0.2) is 60.4 Å². The molecule has 2 aliphatic rings. The van der Waals surface area contributed by atoms with Crippen molar-refractivity contribution >= 4 is 33.0 Å². The minimum absolute atomic E-state index is 0.278. The van der Waals surface area contributed by atoms with Crippen LogP contribution in [0.3, 0.4) is 0 Å². The number of likely N-dealkylation sites (tertiary alicyclic amines) is 1. The molecule has 0 bridgehead atoms. The van der Waals surface area contributed by atoms with Crippen molar-refractivity contribution in [1.29, 1.82) is 5.41 Å². The maximum Gasteiger partial charge on any atom is 0.135 e. The van der Waals surface area contributed by atoms with E-state index in [-0.39, 0.29) is 5.76 Å². The van der Waals surface area contributed by atoms with Crippen LogP contribution in [0.4, 0.5) is 0 Å². The summed E-state index contributed by atoms with van der Waals surface area (Å²) in [6.45, 7) is 3.43. The summed E-state index contributed by atoms with van der Waals surface area (Å²) < 4.78 is 1.09. The zero-order valence-corrected chi connectivity index (χ0v) is 17.0. The Labute approximate surface area is 174 Å². The number of piperidine rings is 1. The fraction of sp³-hybridized carbons (Fsp3) is 0.304. The summed E-state index contributed by atoms with van der Waals surface area (Å²) >= 11 is 1.55. The van der Waals surface area contributed by atoms with Gasteiger partial charge < -0.3 is 10.0 Å². The number of aliphatic hydroxyl groups is 1. The lowest BCUT2D eigenvalue weighted by Crippen LogP contribution is -2.45. The molecule has 0 unspecified atom stereocenters. The van der Waals surface area contributed by atoms with E-state index < -0.39 is 0 Å². The Bertz CT molecular complexity index is 1030. The van der Waals surface area contributed by atoms with Gasteiger partial charge in [0.25, 0.3) is 0 Å². The normalized spacial score (nSPS) is 18.9. The summed E-state index contributed by atoms with van der Waals surface area (Å²) in [4.78, 5) is 9.20. The predicted molar refractivity (Wildman–Crippen MR) is 118 cm³/mol. The average molecular weight is 405 g/mol. The highest BCUT2D eigenvalue weighted by Crippen LogP contribution is 2.35. The van der Waals surface area contributed by atoms with Gasteiger partial charge in [-0.1, -0.05) is 42.5 Å². The molecule has 0 radical (unpaired) electrons. The van der Waals surface area contributed by atoms with E-state index in [9.17, 15) is 5.11 Å². The second-order valence-electron chi connectivity index (χ2n) is 7.78. The number of amidine groups is 1. The number of rotatable bonds is 4. The van der Waals surface area contributed by atoms with Crippen LogP contribution in [-0.2, 0) is 6.54 Å². The topological polar surface area (TPSA) is 63.5 Å². The maximum atomic E-state index is 10.6. The van der Waals surface area contributed by atoms with Gasteiger partial charge in [-0.15, -0.1) is 11.3 Å². The largest absolute Gasteiger partial charge is 0.510 e. The minimum atomic E-state index is 0.278. The van der Waals surface area contributed by atoms with Crippen LogP contribution < -0.4 is 0 Å². The quantitative estimate of drug-likeness (QED) is 0.671. The van der Waals surface area contributed by atoms with Gasteiger partial charge >= 0.3 is 0 Å². The number of nitrogens with one attached hydrogen (secondary N) is 1. The van der Waals surface area contributed by atoms with E-state index in [1.54, 1.807) is 11.3 Å². The van der Waals surface area contributed by atoms with Crippen molar-refractivity contribution in [2.24, 2.45) is 0 Å². The Morgan fingerprint density at radius 3 is 2.52 bits per heavy atom. The molecule has 3 aromatic rings. The Hall–Kier alpha value is -2.70. The second-order valence-corrected chi connectivity index (χ2v) is 8.81. The molecule has 2 aliphatic heterocycles. The summed E-state index contributed by atoms with van der Waals surface area (Å²) in [7, 11) is 0. The van der Waals surface area contributed by atoms with Gasteiger partial charge in [0.1, 0.15) is 16.6 Å². The number of para-hydroxylation sites is 1. The molecule has 5 rings (SSSR count). The van der Waals surface area contributed by atoms with Crippen LogP contribution in [0.25, 0.3) is 15.8 Å². The first kappa shape index (κ1) is 18.3. The van der Waals surface area contributed by atoms with E-state index in [0.717, 1.165) is 47.7 Å². The molecule has 0 aliphatic carbocycles. The minimum Gasteiger partial charge on any atom is -0.510 e. The highest BCUT2D eigenvalue weighted by atomic mass is 32.1. The standard InChI is InChI=1S/C23H24N4OS/c24-22-21(23-25-18-8-4-5-9-20(18)29-23)19(28)15-27(22)17-10-12-26(13-11-17)14-16-6-2-1-3-7-16/h1-9,17,24,28H,10-15H2. The molecule has 6 heteroatoms. The van der Waals surface area contributed by atoms with E-state index in [1.165, 1.54) is 5.56 Å². The second kappa shape index (κ2) is 7.61. The van der Waals surface area contributed by atoms with Crippen molar-refractivity contribution in [2.45, 2.75) is 25.4 Å². The van der Waals surface area contributed by atoms with E-state index in [0.29, 0.717) is 24.0 Å². The first-order valence-corrected chi connectivity index (χ1v) is 10.9. The van der Waals surface area contributed by atoms with Crippen LogP contribution in [0, 0.1) is 5.41 Å². The lowest BCUT2D eigenvalue weighted by atomic mass is 10.0. The fourth-order valence-electron chi connectivity index (χ4n) is 4.35. The van der Waals surface area contributed by atoms with Gasteiger partial charge in [0.2, 0.25) is 0 Å². The van der Waals surface area contributed by atoms with Crippen molar-refractivity contribution in [1.82, 2.24) is 14.8 Å². The molecule has 29 heavy (non-hydrogen) atoms. The first-order chi connectivity index (χ1) is 14.2. The zero-order chi connectivity index (χ0) is 19.8. The van der Waals surface area contributed by atoms with Crippen molar-refractivity contribution in [3.63, 3.8) is 0 Å². The molecule has 2 N–H and O–H groups in total. The van der Waals surface area contributed by atoms with Gasteiger partial charge in [-0.25, -0.2) is 4.98 Å². The number of thiazole rings is 1. The zero-order valence-electron chi connectivity index (χ0n) is 16.2. The summed E-state index contributed by atoms with van der Waals surface area (Å²) in [5.41, 5.74) is 2.88. The highest BCUT2D eigenvalue weighted by Gasteiger charge is 2.35. The maximum absolute atomic E-state index is 10.6. The summed E-state index contributed by atoms with van der Waals surface area (Å²) in [5, 5.41) is 20.1. The van der Waals surface area contributed by atoms with Crippen molar-refractivity contribution in [3.05, 3.63) is 70.9 Å². The Morgan fingerprint density at radius 2 is 1.76 bits per heavy atom. The molecule has 0 saturated carbocycles. The molecule has 3 heterocycles. The summed E-state index contributed by atoms with van der Waals surface area (Å²) in [6.07, 6.45) is 2.02. The number of nitrogens with zero attached hydrogens (tertiary/aromatic N) is 3. The van der Waals surface area contributed by atoms with Gasteiger partial charge in [0.05, 0.1) is 22.3 Å². The molecule has 1 saturated heterocycles. The smallest absolute Gasteiger partial charge is 0.135 e. The molecule has 0 spiro atoms. The molecule has 148 valence electrons. The number of benzene rings is 2. The number of aliphatic hydroxyl groups excluding tert-OH is 1. The third-order valence-corrected chi connectivity index (χ3v) is 6.94. The van der Waals surface area contributed by atoms with Crippen molar-refractivity contribution in [3.8, 4) is 0 Å². The molecule has 1 aromatic heterocycles. The van der Waals surface area contributed by atoms with Crippen molar-refractivity contribution in [2.75, 3.05) is 19.6 Å². The van der Waals surface area contributed by atoms with Gasteiger partial charge in [0, 0.05) is 25.7 Å². The Balaban J connectivity index is 1.26. The van der Waals surface area contributed by atoms with E-state index >= 15 is 0 Å². The predicted octanol–water partition coefficient (Wildman–Crippen LogP) is 4.52. The average Bonchev–Trinajstić information content (AvgIpc) is 3.29. The molecular formula is C23H24N4OS. The first-order valence-electron chi connectivity index (χ1n) is 10.1. The molecule has 0 atom stereocenters. The fourth-order valence-corrected chi connectivity index (χ4v) is 5.38. The lowest BCUT2D eigenvalue weighted by molar-refractivity contribution is 0.149. The Morgan fingerprint density at radius 1 is 1.03 bits per heavy atom. The van der Waals surface area contributed by atoms with E-state index in [4.69, 9.17) is 5.41 Å². The number of aromatic nitrogens is 1. The van der Waals surface area contributed by atoms with Gasteiger partial charge in [-0.3, -0.25) is 10.3 Å². The Kier molecular flexibility index (Phi) is 4.81. The molecule has 0 amide bonds. The number of fused-ring (bicyclic) bond motifs is 1. The summed E-state index contributed by atoms with van der Waals surface area (Å²) in [6, 6.07) is 18.9. The van der Waals surface area contributed by atoms with Crippen LogP contribution in [0.2, 0.25) is 0 Å². The van der Waals surface area contributed by atoms with Gasteiger partial charge in [-0.05, 0) is 30.5 Å². The molecular weight excluding hydrogens is 380 g/mol. The van der Waals surface area contributed by atoms with E-state index in [1.807, 2.05) is 24.3 Å². The monoisotopic (exact) mass is 404 g/mol. The van der Waals surface area contributed by atoms with Crippen LogP contribution in [0.1, 0.15) is 23.4 Å². The van der Waals surface area contributed by atoms with Crippen LogP contribution in [0.5, 0.6) is 0 Å². The highest BCUT2D eigenvalue weighted by molar-refractivity contribution is 7.19. The van der Waals surface area contributed by atoms with Crippen molar-refractivity contribution < 1.29 is 5.11 Å². The van der Waals surface area contributed by atoms with Gasteiger partial charge in [0.15, 0.2) is 0 Å². The molecule has 2 aromatic carbocycles. The molecule has 5 nitrogen and oxygen atoms in total.